The number of amides is 2. The molecule has 8 heteroatoms. The number of carbonyl (C=O) groups excluding carboxylic acids is 1. The fourth-order valence-corrected chi connectivity index (χ4v) is 4.46. The zero-order chi connectivity index (χ0) is 22.1. The Labute approximate surface area is 181 Å². The molecule has 0 spiro atoms. The van der Waals surface area contributed by atoms with Crippen LogP contribution < -0.4 is 5.32 Å². The first-order chi connectivity index (χ1) is 14.8. The maximum atomic E-state index is 13.8. The first-order valence-corrected chi connectivity index (χ1v) is 10.8. The van der Waals surface area contributed by atoms with Gasteiger partial charge in [0, 0.05) is 38.2 Å². The Kier molecular flexibility index (Phi) is 6.18. The molecule has 166 valence electrons. The molecule has 1 aromatic heterocycles. The van der Waals surface area contributed by atoms with Crippen LogP contribution in [0.4, 0.5) is 13.6 Å². The van der Waals surface area contributed by atoms with Gasteiger partial charge in [-0.15, -0.1) is 0 Å². The SMILES string of the molecule is CC(C)Cc1ncc2c(n1)CN(C(=O)NC1CN(C)C[C@H]1c1ccc(F)c(F)c1)CC2. The number of urea groups is 1. The van der Waals surface area contributed by atoms with Crippen LogP contribution in [0.3, 0.4) is 0 Å². The van der Waals surface area contributed by atoms with Crippen LogP contribution in [-0.4, -0.2) is 58.5 Å². The Bertz CT molecular complexity index is 967. The minimum absolute atomic E-state index is 0.0962. The zero-order valence-corrected chi connectivity index (χ0v) is 18.2. The fourth-order valence-electron chi connectivity index (χ4n) is 4.46. The Morgan fingerprint density at radius 3 is 2.81 bits per heavy atom. The molecule has 1 fully saturated rings. The highest BCUT2D eigenvalue weighted by Gasteiger charge is 2.35. The summed E-state index contributed by atoms with van der Waals surface area (Å²) in [5, 5.41) is 3.13. The molecular formula is C23H29F2N5O. The van der Waals surface area contributed by atoms with Crippen molar-refractivity contribution in [2.75, 3.05) is 26.7 Å². The first-order valence-electron chi connectivity index (χ1n) is 10.8. The Hall–Kier alpha value is -2.61. The van der Waals surface area contributed by atoms with Gasteiger partial charge < -0.3 is 15.1 Å². The number of likely N-dealkylation sites (tertiary alicyclic amines) is 1. The lowest BCUT2D eigenvalue weighted by molar-refractivity contribution is 0.186. The highest BCUT2D eigenvalue weighted by molar-refractivity contribution is 5.75. The number of carbonyl (C=O) groups is 1. The van der Waals surface area contributed by atoms with Gasteiger partial charge in [0.2, 0.25) is 0 Å². The molecule has 1 N–H and O–H groups in total. The number of benzene rings is 1. The molecule has 6 nitrogen and oxygen atoms in total. The summed E-state index contributed by atoms with van der Waals surface area (Å²) in [7, 11) is 1.96. The monoisotopic (exact) mass is 429 g/mol. The summed E-state index contributed by atoms with van der Waals surface area (Å²) >= 11 is 0. The molecule has 2 atom stereocenters. The number of hydrogen-bond donors (Lipinski definition) is 1. The Morgan fingerprint density at radius 1 is 1.26 bits per heavy atom. The van der Waals surface area contributed by atoms with Gasteiger partial charge in [0.05, 0.1) is 18.3 Å². The van der Waals surface area contributed by atoms with E-state index in [1.165, 1.54) is 6.07 Å². The van der Waals surface area contributed by atoms with E-state index in [2.05, 4.69) is 29.0 Å². The van der Waals surface area contributed by atoms with E-state index in [9.17, 15) is 13.6 Å². The molecule has 0 saturated carbocycles. The van der Waals surface area contributed by atoms with Crippen molar-refractivity contribution in [3.8, 4) is 0 Å². The molecule has 4 rings (SSSR count). The van der Waals surface area contributed by atoms with Crippen LogP contribution >= 0.6 is 0 Å². The summed E-state index contributed by atoms with van der Waals surface area (Å²) in [6.07, 6.45) is 3.42. The van der Waals surface area contributed by atoms with Crippen molar-refractivity contribution < 1.29 is 13.6 Å². The predicted molar refractivity (Wildman–Crippen MR) is 114 cm³/mol. The van der Waals surface area contributed by atoms with Gasteiger partial charge in [0.1, 0.15) is 5.82 Å². The minimum atomic E-state index is -0.860. The number of fused-ring (bicyclic) bond motifs is 1. The summed E-state index contributed by atoms with van der Waals surface area (Å²) in [5.41, 5.74) is 2.70. The van der Waals surface area contributed by atoms with Crippen LogP contribution in [0.2, 0.25) is 0 Å². The molecule has 31 heavy (non-hydrogen) atoms. The number of nitrogens with one attached hydrogen (secondary N) is 1. The van der Waals surface area contributed by atoms with Crippen molar-refractivity contribution in [3.63, 3.8) is 0 Å². The largest absolute Gasteiger partial charge is 0.333 e. The second kappa shape index (κ2) is 8.86. The van der Waals surface area contributed by atoms with E-state index in [0.717, 1.165) is 36.0 Å². The molecule has 2 aromatic rings. The van der Waals surface area contributed by atoms with Gasteiger partial charge in [-0.1, -0.05) is 19.9 Å². The third kappa shape index (κ3) is 4.84. The average Bonchev–Trinajstić information content (AvgIpc) is 3.09. The van der Waals surface area contributed by atoms with Gasteiger partial charge in [-0.3, -0.25) is 0 Å². The van der Waals surface area contributed by atoms with Crippen LogP contribution in [-0.2, 0) is 19.4 Å². The molecule has 3 heterocycles. The highest BCUT2D eigenvalue weighted by Crippen LogP contribution is 2.28. The molecule has 2 amide bonds. The summed E-state index contributed by atoms with van der Waals surface area (Å²) in [4.78, 5) is 26.1. The molecule has 1 aromatic carbocycles. The van der Waals surface area contributed by atoms with Crippen molar-refractivity contribution >= 4 is 6.03 Å². The summed E-state index contributed by atoms with van der Waals surface area (Å²) < 4.78 is 27.1. The van der Waals surface area contributed by atoms with Gasteiger partial charge in [-0.25, -0.2) is 23.5 Å². The van der Waals surface area contributed by atoms with E-state index in [-0.39, 0.29) is 18.0 Å². The van der Waals surface area contributed by atoms with E-state index in [1.54, 1.807) is 11.0 Å². The van der Waals surface area contributed by atoms with Gasteiger partial charge in [0.25, 0.3) is 0 Å². The second-order valence-corrected chi connectivity index (χ2v) is 9.08. The predicted octanol–water partition coefficient (Wildman–Crippen LogP) is 3.12. The molecule has 0 radical (unpaired) electrons. The van der Waals surface area contributed by atoms with E-state index in [4.69, 9.17) is 4.98 Å². The smallest absolute Gasteiger partial charge is 0.318 e. The lowest BCUT2D eigenvalue weighted by Gasteiger charge is -2.30. The number of rotatable bonds is 4. The molecular weight excluding hydrogens is 400 g/mol. The van der Waals surface area contributed by atoms with E-state index in [1.807, 2.05) is 13.2 Å². The minimum Gasteiger partial charge on any atom is -0.333 e. The summed E-state index contributed by atoms with van der Waals surface area (Å²) in [5.74, 6) is -0.537. The average molecular weight is 430 g/mol. The zero-order valence-electron chi connectivity index (χ0n) is 18.2. The van der Waals surface area contributed by atoms with E-state index >= 15 is 0 Å². The maximum Gasteiger partial charge on any atom is 0.318 e. The fraction of sp³-hybridized carbons (Fsp3) is 0.522. The molecule has 2 aliphatic rings. The van der Waals surface area contributed by atoms with Crippen molar-refractivity contribution in [3.05, 3.63) is 58.7 Å². The summed E-state index contributed by atoms with van der Waals surface area (Å²) in [6.45, 7) is 6.64. The molecule has 0 bridgehead atoms. The van der Waals surface area contributed by atoms with Gasteiger partial charge in [0.15, 0.2) is 11.6 Å². The van der Waals surface area contributed by atoms with Crippen LogP contribution in [0.1, 0.15) is 42.4 Å². The van der Waals surface area contributed by atoms with Gasteiger partial charge in [-0.05, 0) is 42.6 Å². The van der Waals surface area contributed by atoms with E-state index < -0.39 is 11.6 Å². The van der Waals surface area contributed by atoms with Crippen LogP contribution in [0.5, 0.6) is 0 Å². The quantitative estimate of drug-likeness (QED) is 0.811. The molecule has 2 aliphatic heterocycles. The number of hydrogen-bond acceptors (Lipinski definition) is 4. The Morgan fingerprint density at radius 2 is 2.06 bits per heavy atom. The molecule has 1 unspecified atom stereocenters. The van der Waals surface area contributed by atoms with Crippen molar-refractivity contribution in [2.45, 2.75) is 45.2 Å². The van der Waals surface area contributed by atoms with Crippen molar-refractivity contribution in [1.82, 2.24) is 25.1 Å². The Balaban J connectivity index is 1.45. The lowest BCUT2D eigenvalue weighted by Crippen LogP contribution is -2.49. The topological polar surface area (TPSA) is 61.4 Å². The first kappa shape index (κ1) is 21.6. The summed E-state index contributed by atoms with van der Waals surface area (Å²) in [6, 6.07) is 3.67. The third-order valence-corrected chi connectivity index (χ3v) is 6.06. The number of likely N-dealkylation sites (N-methyl/N-ethyl adjacent to an activating group) is 1. The van der Waals surface area contributed by atoms with Gasteiger partial charge >= 0.3 is 6.03 Å². The lowest BCUT2D eigenvalue weighted by atomic mass is 9.94. The number of aromatic nitrogens is 2. The standard InChI is InChI=1S/C23H29F2N5O/c1-14(2)8-22-26-10-16-6-7-30(13-20(16)27-22)23(31)28-21-12-29(3)11-17(21)15-4-5-18(24)19(25)9-15/h4-5,9-10,14,17,21H,6-8,11-13H2,1-3H3,(H,28,31)/t17-,21?/m0/s1. The number of nitrogens with zero attached hydrogens (tertiary/aromatic N) is 4. The molecule has 1 saturated heterocycles. The maximum absolute atomic E-state index is 13.8. The van der Waals surface area contributed by atoms with Gasteiger partial charge in [-0.2, -0.15) is 0 Å². The van der Waals surface area contributed by atoms with Crippen LogP contribution in [0, 0.1) is 17.6 Å². The van der Waals surface area contributed by atoms with Crippen molar-refractivity contribution in [2.24, 2.45) is 5.92 Å². The van der Waals surface area contributed by atoms with E-state index in [0.29, 0.717) is 37.7 Å². The number of halogens is 2. The molecule has 0 aliphatic carbocycles. The van der Waals surface area contributed by atoms with Crippen molar-refractivity contribution in [1.29, 1.82) is 0 Å². The second-order valence-electron chi connectivity index (χ2n) is 9.08. The van der Waals surface area contributed by atoms with Crippen LogP contribution in [0.25, 0.3) is 0 Å². The third-order valence-electron chi connectivity index (χ3n) is 6.06. The normalized spacial score (nSPS) is 21.4. The van der Waals surface area contributed by atoms with Crippen LogP contribution in [0.15, 0.2) is 24.4 Å². The highest BCUT2D eigenvalue weighted by atomic mass is 19.2.